The van der Waals surface area contributed by atoms with E-state index in [0.29, 0.717) is 236 Å². The van der Waals surface area contributed by atoms with Gasteiger partial charge >= 0.3 is 41.5 Å². The molecule has 0 amide bonds. The number of hydrogen-bond acceptors (Lipinski definition) is 25. The summed E-state index contributed by atoms with van der Waals surface area (Å²) >= 11 is 0. The fourth-order valence-corrected chi connectivity index (χ4v) is 17.6. The normalized spacial score (nSPS) is 19.0. The Morgan fingerprint density at radius 1 is 0.374 bits per heavy atom. The number of aliphatic carboxylic acids is 2. The summed E-state index contributed by atoms with van der Waals surface area (Å²) in [6.45, 7) is 28.9. The Kier molecular flexibility index (Phi) is 53.1. The Hall–Kier alpha value is -6.62. The van der Waals surface area contributed by atoms with Crippen LogP contribution < -0.4 is 39.4 Å². The van der Waals surface area contributed by atoms with Gasteiger partial charge in [-0.25, -0.2) is 8.42 Å². The van der Waals surface area contributed by atoms with Gasteiger partial charge in [-0.1, -0.05) is 72.9 Å². The Balaban J connectivity index is 0.000000403. The van der Waals surface area contributed by atoms with Crippen molar-refractivity contribution >= 4 is 66.3 Å². The number of carbonyl (C=O) groups is 2. The van der Waals surface area contributed by atoms with E-state index in [2.05, 4.69) is 119 Å². The largest absolute Gasteiger partial charge is 1.00 e. The topological polar surface area (TPSA) is 346 Å². The zero-order chi connectivity index (χ0) is 93.9. The van der Waals surface area contributed by atoms with Gasteiger partial charge in [-0.05, 0) is 153 Å². The van der Waals surface area contributed by atoms with E-state index in [9.17, 15) is 45.7 Å². The molecule has 0 bridgehead atoms. The molecular weight excluding hydrogens is 1740 g/mol. The quantitative estimate of drug-likeness (QED) is 0.0122. The number of rotatable bonds is 70. The third-order valence-corrected chi connectivity index (χ3v) is 25.3. The molecule has 0 saturated heterocycles. The number of benzene rings is 4. The first-order valence-electron chi connectivity index (χ1n) is 45.5. The van der Waals surface area contributed by atoms with Crippen LogP contribution in [0.5, 0.6) is 0 Å². The number of ether oxygens (including phenoxy) is 16. The van der Waals surface area contributed by atoms with E-state index in [0.717, 1.165) is 67.1 Å². The van der Waals surface area contributed by atoms with Crippen molar-refractivity contribution in [1.29, 1.82) is 0 Å². The number of unbranched alkanes of at least 4 members (excludes halogenated alkanes) is 4. The van der Waals surface area contributed by atoms with Crippen LogP contribution in [0.25, 0.3) is 0 Å². The zero-order valence-corrected chi connectivity index (χ0v) is 82.9. The number of anilines is 2. The van der Waals surface area contributed by atoms with Crippen LogP contribution >= 0.6 is 0 Å². The van der Waals surface area contributed by atoms with Crippen molar-refractivity contribution in [3.63, 3.8) is 0 Å². The smallest absolute Gasteiger partial charge is 0.744 e. The van der Waals surface area contributed by atoms with E-state index in [-0.39, 0.29) is 69.6 Å². The van der Waals surface area contributed by atoms with E-state index in [1.165, 1.54) is 58.2 Å². The molecule has 4 aliphatic heterocycles. The van der Waals surface area contributed by atoms with Crippen molar-refractivity contribution < 1.29 is 160 Å². The average molecular weight is 1880 g/mol. The molecule has 0 fully saturated rings. The second-order valence-electron chi connectivity index (χ2n) is 32.5. The van der Waals surface area contributed by atoms with Gasteiger partial charge in [0.25, 0.3) is 10.1 Å². The minimum Gasteiger partial charge on any atom is -0.744 e. The molecule has 131 heavy (non-hydrogen) atoms. The van der Waals surface area contributed by atoms with Crippen LogP contribution in [0.2, 0.25) is 0 Å². The van der Waals surface area contributed by atoms with Crippen molar-refractivity contribution in [3.8, 4) is 0 Å². The Bertz CT molecular complexity index is 4580. The van der Waals surface area contributed by atoms with Gasteiger partial charge in [0.05, 0.1) is 179 Å². The molecule has 4 aromatic rings. The Labute approximate surface area is 800 Å². The molecule has 0 radical (unpaired) electrons. The second-order valence-corrected chi connectivity index (χ2v) is 35.3. The maximum absolute atomic E-state index is 12.3. The van der Waals surface area contributed by atoms with Crippen LogP contribution in [0.3, 0.4) is 0 Å². The summed E-state index contributed by atoms with van der Waals surface area (Å²) in [5.41, 5.74) is 10.1. The molecule has 8 rings (SSSR count). The van der Waals surface area contributed by atoms with Crippen molar-refractivity contribution in [3.05, 3.63) is 179 Å². The molecule has 4 unspecified atom stereocenters. The van der Waals surface area contributed by atoms with Crippen LogP contribution in [0.4, 0.5) is 22.7 Å². The van der Waals surface area contributed by atoms with Gasteiger partial charge in [0.15, 0.2) is 11.4 Å². The molecule has 0 spiro atoms. The van der Waals surface area contributed by atoms with Crippen LogP contribution in [-0.2, 0) is 127 Å². The summed E-state index contributed by atoms with van der Waals surface area (Å²) < 4.78 is 165. The molecule has 33 heteroatoms. The van der Waals surface area contributed by atoms with Gasteiger partial charge in [0, 0.05) is 163 Å². The molecule has 0 aromatic heterocycles. The van der Waals surface area contributed by atoms with E-state index in [4.69, 9.17) is 75.8 Å². The van der Waals surface area contributed by atoms with Gasteiger partial charge in [0.1, 0.15) is 23.2 Å². The predicted octanol–water partition coefficient (Wildman–Crippen LogP) is 10.5. The van der Waals surface area contributed by atoms with Gasteiger partial charge in [-0.2, -0.15) is 17.6 Å². The molecule has 4 heterocycles. The molecule has 724 valence electrons. The van der Waals surface area contributed by atoms with Crippen LogP contribution in [0.1, 0.15) is 141 Å². The van der Waals surface area contributed by atoms with E-state index < -0.39 is 43.0 Å². The number of fused-ring (bicyclic) bond motifs is 4. The maximum Gasteiger partial charge on any atom is 1.00 e. The first-order valence-corrected chi connectivity index (χ1v) is 48.4. The third kappa shape index (κ3) is 35.8. The molecule has 4 atom stereocenters. The SMILES string of the molecule is CCN1C(=CC=CC=CC2=[N+](CCCCCC(=O)O)c3ccc(S(=O)(=O)[O-])cc3C2(C)CCOCCOCCOCCOC)C(C)(CCOCCOCCOCCOC)c2cc(S(=O)(=O)O)ccc21.CCN1C(=CC=CC=CC2=[N+](CCCCCC(=O)O)c3ccccc3C2(C)CCOCCOCCOCCOC)C(C)(CCOCCOCCOCCOC)c2ccccc21.[Na+]. The van der Waals surface area contributed by atoms with E-state index in [1.54, 1.807) is 40.6 Å². The van der Waals surface area contributed by atoms with Gasteiger partial charge in [-0.3, -0.25) is 14.1 Å². The second kappa shape index (κ2) is 61.5. The fraction of sp³-hybridized carbons (Fsp3) is 0.592. The summed E-state index contributed by atoms with van der Waals surface area (Å²) in [5.74, 6) is -1.61. The standard InChI is InChI=1S/C49H72N2O16S2.C49H72N2O10.Na/c1-6-50-43-18-16-39(68(54,55)56)37-41(43)48(2,20-23-62-29-31-66-35-33-64-27-25-60-4)45(50)13-9-7-10-14-46-49(3,21-24-63-30-32-67-36-34-65-28-26-61-5)42-38-40(69(57,58)59)17-19-44(42)51(46)22-12-8-11-15-47(52)53;1-6-50-43-19-14-12-17-41(43)48(2,24-27-56-33-35-60-39-37-58-31-29-54-4)45(50)21-9-7-10-22-46-49(3,25-28-57-34-36-61-40-38-59-32-30-55-5)42-18-13-15-20-44(42)51(46)26-16-8-11-23-47(52)53;/h7,9-10,13-14,16-19,37-38H,6,8,11-12,15,20-36H2,1-5H3,(H2-,52,53,54,55,56,57,58,59);7,9-10,12-15,17-22H,6,8,11,16,23-40H2,1-5H3;/q;;+1/p+1. The summed E-state index contributed by atoms with van der Waals surface area (Å²) in [4.78, 5) is 26.4. The predicted molar refractivity (Wildman–Crippen MR) is 499 cm³/mol. The Morgan fingerprint density at radius 3 is 1.07 bits per heavy atom. The van der Waals surface area contributed by atoms with Crippen LogP contribution in [0.15, 0.2) is 167 Å². The molecular formula is C98H145N4NaO26S2+2. The Morgan fingerprint density at radius 2 is 0.695 bits per heavy atom. The van der Waals surface area contributed by atoms with Crippen molar-refractivity contribution in [2.45, 2.75) is 150 Å². The summed E-state index contributed by atoms with van der Waals surface area (Å²) in [5, 5.41) is 18.4. The molecule has 3 N–H and O–H groups in total. The summed E-state index contributed by atoms with van der Waals surface area (Å²) in [7, 11) is -2.73. The first-order chi connectivity index (χ1) is 62.8. The first kappa shape index (κ1) is 113. The number of carboxylic acids is 2. The minimum absolute atomic E-state index is 0. The number of nitrogens with zero attached hydrogens (tertiary/aromatic N) is 4. The molecule has 0 aliphatic carbocycles. The van der Waals surface area contributed by atoms with Crippen LogP contribution in [-0.4, -0.2) is 308 Å². The van der Waals surface area contributed by atoms with Gasteiger partial charge < -0.3 is 100 Å². The summed E-state index contributed by atoms with van der Waals surface area (Å²) in [6, 6.07) is 26.4. The third-order valence-electron chi connectivity index (χ3n) is 23.6. The van der Waals surface area contributed by atoms with Gasteiger partial charge in [-0.15, -0.1) is 0 Å². The van der Waals surface area contributed by atoms with Crippen molar-refractivity contribution in [2.24, 2.45) is 0 Å². The van der Waals surface area contributed by atoms with E-state index >= 15 is 0 Å². The number of hydrogen-bond donors (Lipinski definition) is 3. The molecule has 0 saturated carbocycles. The summed E-state index contributed by atoms with van der Waals surface area (Å²) in [6.07, 6.45) is 27.6. The average Bonchev–Trinajstić information content (AvgIpc) is 1.58. The molecule has 4 aromatic carbocycles. The number of allylic oxidation sites excluding steroid dienone is 12. The number of methoxy groups -OCH3 is 4. The van der Waals surface area contributed by atoms with Crippen molar-refractivity contribution in [1.82, 2.24) is 0 Å². The molecule has 4 aliphatic rings. The monoisotopic (exact) mass is 1880 g/mol. The number of carboxylic acid groups (broad SMARTS) is 2. The fourth-order valence-electron chi connectivity index (χ4n) is 16.6. The minimum atomic E-state index is -4.78. The van der Waals surface area contributed by atoms with Gasteiger partial charge in [0.2, 0.25) is 11.4 Å². The van der Waals surface area contributed by atoms with E-state index in [1.807, 2.05) is 51.2 Å². The zero-order valence-electron chi connectivity index (χ0n) is 79.3. The maximum atomic E-state index is 12.3. The molecule has 30 nitrogen and oxygen atoms in total. The van der Waals surface area contributed by atoms with Crippen molar-refractivity contribution in [2.75, 3.05) is 249 Å². The number of para-hydroxylation sites is 2. The van der Waals surface area contributed by atoms with Crippen LogP contribution in [0, 0.1) is 0 Å². The number of likely N-dealkylation sites (N-methyl/N-ethyl adjacent to an activating group) is 2.